The highest BCUT2D eigenvalue weighted by atomic mass is 16.7. The third kappa shape index (κ3) is 2.63. The lowest BCUT2D eigenvalue weighted by Crippen LogP contribution is -2.60. The molecule has 1 heterocycles. The van der Waals surface area contributed by atoms with Crippen molar-refractivity contribution < 1.29 is 29.9 Å². The van der Waals surface area contributed by atoms with Crippen molar-refractivity contribution in [2.75, 3.05) is 6.61 Å². The third-order valence-electron chi connectivity index (χ3n) is 2.84. The number of para-hydroxylation sites is 1. The van der Waals surface area contributed by atoms with Crippen LogP contribution in [0.1, 0.15) is 0 Å². The van der Waals surface area contributed by atoms with Gasteiger partial charge in [0.15, 0.2) is 0 Å². The summed E-state index contributed by atoms with van der Waals surface area (Å²) in [7, 11) is 0. The standard InChI is InChI=1S/C12H16O6/c13-6-8-9(14)10(15)11(16)12(18-8)17-7-4-2-1-3-5-7/h1-5,8-16H,6H2/t8-,9+,10?,11-,12+/m1/s1. The maximum atomic E-state index is 9.74. The first-order chi connectivity index (χ1) is 8.63. The van der Waals surface area contributed by atoms with Crippen LogP contribution in [0.25, 0.3) is 0 Å². The highest BCUT2D eigenvalue weighted by Crippen LogP contribution is 2.23. The van der Waals surface area contributed by atoms with Crippen molar-refractivity contribution in [1.82, 2.24) is 0 Å². The predicted octanol–water partition coefficient (Wildman–Crippen LogP) is -1.13. The van der Waals surface area contributed by atoms with E-state index in [1.165, 1.54) is 0 Å². The van der Waals surface area contributed by atoms with Crippen LogP contribution in [0, 0.1) is 0 Å². The Morgan fingerprint density at radius 1 is 1.00 bits per heavy atom. The molecule has 1 fully saturated rings. The molecule has 1 aromatic carbocycles. The molecule has 0 radical (unpaired) electrons. The Hall–Kier alpha value is -1.18. The molecule has 0 saturated carbocycles. The molecule has 0 bridgehead atoms. The summed E-state index contributed by atoms with van der Waals surface area (Å²) in [4.78, 5) is 0. The van der Waals surface area contributed by atoms with Gasteiger partial charge in [-0.2, -0.15) is 0 Å². The van der Waals surface area contributed by atoms with Crippen molar-refractivity contribution in [3.8, 4) is 5.75 Å². The number of hydrogen-bond donors (Lipinski definition) is 4. The molecule has 1 aliphatic heterocycles. The monoisotopic (exact) mass is 256 g/mol. The molecule has 5 atom stereocenters. The number of ether oxygens (including phenoxy) is 2. The Labute approximate surface area is 104 Å². The van der Waals surface area contributed by atoms with Crippen molar-refractivity contribution in [2.45, 2.75) is 30.7 Å². The fourth-order valence-corrected chi connectivity index (χ4v) is 1.80. The molecule has 2 rings (SSSR count). The van der Waals surface area contributed by atoms with E-state index in [0.717, 1.165) is 0 Å². The van der Waals surface area contributed by atoms with E-state index < -0.39 is 37.3 Å². The Morgan fingerprint density at radius 3 is 2.28 bits per heavy atom. The van der Waals surface area contributed by atoms with Crippen LogP contribution in [-0.2, 0) is 4.74 Å². The molecule has 1 aliphatic rings. The lowest BCUT2D eigenvalue weighted by atomic mass is 9.99. The zero-order valence-corrected chi connectivity index (χ0v) is 9.59. The minimum Gasteiger partial charge on any atom is -0.462 e. The van der Waals surface area contributed by atoms with Gasteiger partial charge in [-0.05, 0) is 12.1 Å². The smallest absolute Gasteiger partial charge is 0.229 e. The minimum absolute atomic E-state index is 0.460. The van der Waals surface area contributed by atoms with Crippen LogP contribution in [0.3, 0.4) is 0 Å². The van der Waals surface area contributed by atoms with Gasteiger partial charge < -0.3 is 29.9 Å². The molecular weight excluding hydrogens is 240 g/mol. The first-order valence-electron chi connectivity index (χ1n) is 5.65. The van der Waals surface area contributed by atoms with E-state index in [0.29, 0.717) is 5.75 Å². The molecule has 18 heavy (non-hydrogen) atoms. The first kappa shape index (κ1) is 13.3. The number of aliphatic hydroxyl groups is 4. The summed E-state index contributed by atoms with van der Waals surface area (Å²) in [6.45, 7) is -0.473. The first-order valence-corrected chi connectivity index (χ1v) is 5.65. The van der Waals surface area contributed by atoms with E-state index >= 15 is 0 Å². The summed E-state index contributed by atoms with van der Waals surface area (Å²) in [6.07, 6.45) is -6.28. The second-order valence-electron chi connectivity index (χ2n) is 4.13. The van der Waals surface area contributed by atoms with Crippen LogP contribution < -0.4 is 4.74 Å². The minimum atomic E-state index is -1.43. The molecular formula is C12H16O6. The molecule has 0 spiro atoms. The molecule has 6 heteroatoms. The third-order valence-corrected chi connectivity index (χ3v) is 2.84. The summed E-state index contributed by atoms with van der Waals surface area (Å²) >= 11 is 0. The van der Waals surface area contributed by atoms with E-state index in [9.17, 15) is 15.3 Å². The van der Waals surface area contributed by atoms with Crippen LogP contribution >= 0.6 is 0 Å². The van der Waals surface area contributed by atoms with Gasteiger partial charge >= 0.3 is 0 Å². The van der Waals surface area contributed by atoms with Gasteiger partial charge in [0, 0.05) is 0 Å². The van der Waals surface area contributed by atoms with Crippen molar-refractivity contribution in [3.05, 3.63) is 30.3 Å². The fourth-order valence-electron chi connectivity index (χ4n) is 1.80. The highest BCUT2D eigenvalue weighted by Gasteiger charge is 2.44. The summed E-state index contributed by atoms with van der Waals surface area (Å²) in [5.41, 5.74) is 0. The van der Waals surface area contributed by atoms with E-state index in [4.69, 9.17) is 14.6 Å². The topological polar surface area (TPSA) is 99.4 Å². The van der Waals surface area contributed by atoms with Gasteiger partial charge in [0.1, 0.15) is 30.2 Å². The van der Waals surface area contributed by atoms with Crippen molar-refractivity contribution in [2.24, 2.45) is 0 Å². The number of aliphatic hydroxyl groups excluding tert-OH is 4. The molecule has 0 amide bonds. The lowest BCUT2D eigenvalue weighted by molar-refractivity contribution is -0.277. The van der Waals surface area contributed by atoms with Gasteiger partial charge in [-0.1, -0.05) is 18.2 Å². The van der Waals surface area contributed by atoms with Crippen LogP contribution in [0.5, 0.6) is 5.75 Å². The fraction of sp³-hybridized carbons (Fsp3) is 0.500. The summed E-state index contributed by atoms with van der Waals surface area (Å²) < 4.78 is 10.6. The zero-order chi connectivity index (χ0) is 13.1. The molecule has 0 aromatic heterocycles. The van der Waals surface area contributed by atoms with Crippen LogP contribution in [-0.4, -0.2) is 57.7 Å². The summed E-state index contributed by atoms with van der Waals surface area (Å²) in [5.74, 6) is 0.460. The number of benzene rings is 1. The molecule has 4 N–H and O–H groups in total. The second kappa shape index (κ2) is 5.64. The van der Waals surface area contributed by atoms with Gasteiger partial charge in [0.25, 0.3) is 0 Å². The average molecular weight is 256 g/mol. The number of rotatable bonds is 3. The second-order valence-corrected chi connectivity index (χ2v) is 4.13. The van der Waals surface area contributed by atoms with Gasteiger partial charge in [0.05, 0.1) is 6.61 Å². The summed E-state index contributed by atoms with van der Waals surface area (Å²) in [5, 5.41) is 37.9. The Morgan fingerprint density at radius 2 is 1.67 bits per heavy atom. The molecule has 100 valence electrons. The Kier molecular flexibility index (Phi) is 4.15. The van der Waals surface area contributed by atoms with Crippen molar-refractivity contribution >= 4 is 0 Å². The van der Waals surface area contributed by atoms with Crippen LogP contribution in [0.4, 0.5) is 0 Å². The van der Waals surface area contributed by atoms with Crippen molar-refractivity contribution in [3.63, 3.8) is 0 Å². The maximum Gasteiger partial charge on any atom is 0.229 e. The lowest BCUT2D eigenvalue weighted by Gasteiger charge is -2.39. The van der Waals surface area contributed by atoms with Gasteiger partial charge in [-0.25, -0.2) is 0 Å². The molecule has 0 aliphatic carbocycles. The van der Waals surface area contributed by atoms with Gasteiger partial charge in [0.2, 0.25) is 6.29 Å². The maximum absolute atomic E-state index is 9.74. The van der Waals surface area contributed by atoms with E-state index in [1.54, 1.807) is 30.3 Å². The van der Waals surface area contributed by atoms with Crippen LogP contribution in [0.2, 0.25) is 0 Å². The molecule has 6 nitrogen and oxygen atoms in total. The molecule has 1 aromatic rings. The summed E-state index contributed by atoms with van der Waals surface area (Å²) in [6, 6.07) is 8.64. The van der Waals surface area contributed by atoms with Gasteiger partial charge in [-0.15, -0.1) is 0 Å². The van der Waals surface area contributed by atoms with Crippen LogP contribution in [0.15, 0.2) is 30.3 Å². The van der Waals surface area contributed by atoms with E-state index in [-0.39, 0.29) is 0 Å². The van der Waals surface area contributed by atoms with Crippen molar-refractivity contribution in [1.29, 1.82) is 0 Å². The zero-order valence-electron chi connectivity index (χ0n) is 9.59. The Balaban J connectivity index is 2.08. The molecule has 1 unspecified atom stereocenters. The largest absolute Gasteiger partial charge is 0.462 e. The predicted molar refractivity (Wildman–Crippen MR) is 60.8 cm³/mol. The molecule has 1 saturated heterocycles. The average Bonchev–Trinajstić information content (AvgIpc) is 2.40. The quantitative estimate of drug-likeness (QED) is 0.546. The van der Waals surface area contributed by atoms with Gasteiger partial charge in [-0.3, -0.25) is 0 Å². The van der Waals surface area contributed by atoms with E-state index in [1.807, 2.05) is 0 Å². The number of hydrogen-bond acceptors (Lipinski definition) is 6. The highest BCUT2D eigenvalue weighted by molar-refractivity contribution is 5.21. The SMILES string of the molecule is OC[C@H]1O[C@H](Oc2ccccc2)[C@H](O)C(O)[C@H]1O. The van der Waals surface area contributed by atoms with E-state index in [2.05, 4.69) is 0 Å². The normalized spacial score (nSPS) is 36.3. The Bertz CT molecular complexity index is 368.